The average molecular weight is 448 g/mol. The Bertz CT molecular complexity index is 894. The lowest BCUT2D eigenvalue weighted by Gasteiger charge is -2.34. The Morgan fingerprint density at radius 1 is 1.17 bits per heavy atom. The minimum Gasteiger partial charge on any atom is -0.492 e. The van der Waals surface area contributed by atoms with Gasteiger partial charge in [-0.1, -0.05) is 35.2 Å². The van der Waals surface area contributed by atoms with Gasteiger partial charge in [0.05, 0.1) is 18.0 Å². The summed E-state index contributed by atoms with van der Waals surface area (Å²) in [6, 6.07) is 7.68. The summed E-state index contributed by atoms with van der Waals surface area (Å²) in [4.78, 5) is 28.4. The van der Waals surface area contributed by atoms with Crippen molar-refractivity contribution in [3.8, 4) is 5.75 Å². The maximum absolute atomic E-state index is 12.5. The van der Waals surface area contributed by atoms with Gasteiger partial charge in [-0.05, 0) is 31.9 Å². The Kier molecular flexibility index (Phi) is 6.73. The van der Waals surface area contributed by atoms with Gasteiger partial charge in [-0.25, -0.2) is 0 Å². The Labute approximate surface area is 184 Å². The largest absolute Gasteiger partial charge is 0.492 e. The molecule has 2 aromatic rings. The molecule has 0 spiro atoms. The van der Waals surface area contributed by atoms with Crippen molar-refractivity contribution in [2.45, 2.75) is 24.1 Å². The van der Waals surface area contributed by atoms with Gasteiger partial charge in [0.15, 0.2) is 4.34 Å². The van der Waals surface area contributed by atoms with Crippen molar-refractivity contribution >= 4 is 45.7 Å². The molecule has 0 atom stereocenters. The summed E-state index contributed by atoms with van der Waals surface area (Å²) >= 11 is 2.80. The highest BCUT2D eigenvalue weighted by Gasteiger charge is 2.35. The zero-order valence-electron chi connectivity index (χ0n) is 16.9. The van der Waals surface area contributed by atoms with E-state index in [9.17, 15) is 9.59 Å². The number of piperazine rings is 1. The summed E-state index contributed by atoms with van der Waals surface area (Å²) < 4.78 is 6.35. The van der Waals surface area contributed by atoms with Crippen LogP contribution in [-0.4, -0.2) is 70.4 Å². The van der Waals surface area contributed by atoms with Crippen molar-refractivity contribution in [2.75, 3.05) is 43.9 Å². The second kappa shape index (κ2) is 9.65. The van der Waals surface area contributed by atoms with Gasteiger partial charge in [0.25, 0.3) is 0 Å². The molecule has 8 nitrogen and oxygen atoms in total. The Morgan fingerprint density at radius 2 is 1.90 bits per heavy atom. The van der Waals surface area contributed by atoms with Crippen LogP contribution in [0.1, 0.15) is 19.8 Å². The highest BCUT2D eigenvalue weighted by molar-refractivity contribution is 8.01. The lowest BCUT2D eigenvalue weighted by Crippen LogP contribution is -2.51. The quantitative estimate of drug-likeness (QED) is 0.623. The number of ether oxygens (including phenoxy) is 1. The van der Waals surface area contributed by atoms with Gasteiger partial charge >= 0.3 is 0 Å². The number of nitrogens with one attached hydrogen (secondary N) is 1. The Hall–Kier alpha value is -2.33. The van der Waals surface area contributed by atoms with Crippen molar-refractivity contribution in [3.63, 3.8) is 0 Å². The first-order chi connectivity index (χ1) is 14.6. The molecule has 1 N–H and O–H groups in total. The summed E-state index contributed by atoms with van der Waals surface area (Å²) in [5.74, 6) is 1.66. The first kappa shape index (κ1) is 20.9. The molecule has 4 rings (SSSR count). The number of aromatic nitrogens is 2. The predicted molar refractivity (Wildman–Crippen MR) is 117 cm³/mol. The first-order valence-corrected chi connectivity index (χ1v) is 12.0. The van der Waals surface area contributed by atoms with Crippen molar-refractivity contribution in [1.29, 1.82) is 0 Å². The minimum atomic E-state index is 0.0740. The fraction of sp³-hybridized carbons (Fsp3) is 0.500. The van der Waals surface area contributed by atoms with Gasteiger partial charge in [0, 0.05) is 32.1 Å². The number of hydrogen-bond donors (Lipinski definition) is 1. The maximum Gasteiger partial charge on any atom is 0.233 e. The molecule has 30 heavy (non-hydrogen) atoms. The van der Waals surface area contributed by atoms with Gasteiger partial charge in [0.2, 0.25) is 16.9 Å². The number of rotatable bonds is 8. The zero-order valence-corrected chi connectivity index (χ0v) is 18.5. The van der Waals surface area contributed by atoms with Crippen LogP contribution in [0.3, 0.4) is 0 Å². The molecule has 1 saturated carbocycles. The third kappa shape index (κ3) is 5.23. The van der Waals surface area contributed by atoms with Gasteiger partial charge in [-0.3, -0.25) is 9.59 Å². The second-order valence-corrected chi connectivity index (χ2v) is 9.40. The number of carbonyl (C=O) groups is 2. The molecule has 1 aromatic carbocycles. The van der Waals surface area contributed by atoms with Gasteiger partial charge in [0.1, 0.15) is 5.75 Å². The smallest absolute Gasteiger partial charge is 0.233 e. The molecule has 1 aliphatic carbocycles. The number of thioether (sulfide) groups is 1. The van der Waals surface area contributed by atoms with Crippen LogP contribution in [0.2, 0.25) is 0 Å². The number of anilines is 2. The van der Waals surface area contributed by atoms with Gasteiger partial charge < -0.3 is 19.9 Å². The number of benzene rings is 1. The molecule has 2 aliphatic rings. The first-order valence-electron chi connectivity index (χ1n) is 10.2. The average Bonchev–Trinajstić information content (AvgIpc) is 3.53. The molecule has 10 heteroatoms. The third-order valence-corrected chi connectivity index (χ3v) is 6.98. The van der Waals surface area contributed by atoms with Crippen LogP contribution in [0.25, 0.3) is 0 Å². The molecule has 1 aromatic heterocycles. The standard InChI is InChI=1S/C20H25N5O3S2/c1-2-28-16-6-4-3-5-15(16)21-19-22-23-20(30-19)29-13-17(26)24-9-11-25(12-10-24)18(27)14-7-8-14/h3-6,14H,2,7-13H2,1H3,(H,21,22). The van der Waals surface area contributed by atoms with E-state index in [0.29, 0.717) is 43.7 Å². The summed E-state index contributed by atoms with van der Waals surface area (Å²) in [5.41, 5.74) is 0.835. The van der Waals surface area contributed by atoms with Gasteiger partial charge in [-0.15, -0.1) is 10.2 Å². The number of para-hydroxylation sites is 2. The van der Waals surface area contributed by atoms with E-state index in [1.54, 1.807) is 0 Å². The molecular formula is C20H25N5O3S2. The number of hydrogen-bond acceptors (Lipinski definition) is 8. The zero-order chi connectivity index (χ0) is 20.9. The molecule has 0 bridgehead atoms. The van der Waals surface area contributed by atoms with E-state index >= 15 is 0 Å². The fourth-order valence-electron chi connectivity index (χ4n) is 3.26. The molecule has 2 heterocycles. The lowest BCUT2D eigenvalue weighted by atomic mass is 10.2. The minimum absolute atomic E-state index is 0.0740. The molecule has 2 fully saturated rings. The maximum atomic E-state index is 12.5. The van der Waals surface area contributed by atoms with E-state index in [1.165, 1.54) is 23.1 Å². The molecule has 160 valence electrons. The van der Waals surface area contributed by atoms with Gasteiger partial charge in [-0.2, -0.15) is 0 Å². The highest BCUT2D eigenvalue weighted by atomic mass is 32.2. The Balaban J connectivity index is 1.24. The molecule has 0 unspecified atom stereocenters. The van der Waals surface area contributed by atoms with E-state index in [4.69, 9.17) is 4.74 Å². The van der Waals surface area contributed by atoms with E-state index in [2.05, 4.69) is 15.5 Å². The van der Waals surface area contributed by atoms with E-state index < -0.39 is 0 Å². The molecular weight excluding hydrogens is 422 g/mol. The fourth-order valence-corrected chi connectivity index (χ4v) is 4.93. The van der Waals surface area contributed by atoms with Crippen molar-refractivity contribution in [2.24, 2.45) is 5.92 Å². The van der Waals surface area contributed by atoms with Crippen LogP contribution in [0.5, 0.6) is 5.75 Å². The lowest BCUT2D eigenvalue weighted by molar-refractivity contribution is -0.139. The number of carbonyl (C=O) groups excluding carboxylic acids is 2. The predicted octanol–water partition coefficient (Wildman–Crippen LogP) is 2.85. The topological polar surface area (TPSA) is 87.7 Å². The van der Waals surface area contributed by atoms with Crippen molar-refractivity contribution in [3.05, 3.63) is 24.3 Å². The van der Waals surface area contributed by atoms with Crippen molar-refractivity contribution < 1.29 is 14.3 Å². The second-order valence-electron chi connectivity index (χ2n) is 7.20. The monoisotopic (exact) mass is 447 g/mol. The normalized spacial score (nSPS) is 16.4. The third-order valence-electron chi connectivity index (χ3n) is 5.02. The molecule has 0 radical (unpaired) electrons. The van der Waals surface area contributed by atoms with E-state index in [0.717, 1.165) is 28.6 Å². The Morgan fingerprint density at radius 3 is 2.63 bits per heavy atom. The number of amides is 2. The van der Waals surface area contributed by atoms with Crippen LogP contribution < -0.4 is 10.1 Å². The molecule has 1 aliphatic heterocycles. The molecule has 2 amide bonds. The summed E-state index contributed by atoms with van der Waals surface area (Å²) in [6.45, 7) is 5.01. The van der Waals surface area contributed by atoms with Crippen LogP contribution in [-0.2, 0) is 9.59 Å². The van der Waals surface area contributed by atoms with Crippen LogP contribution >= 0.6 is 23.1 Å². The number of nitrogens with zero attached hydrogens (tertiary/aromatic N) is 4. The SMILES string of the molecule is CCOc1ccccc1Nc1nnc(SCC(=O)N2CCN(C(=O)C3CC3)CC2)s1. The van der Waals surface area contributed by atoms with E-state index in [1.807, 2.05) is 41.0 Å². The van der Waals surface area contributed by atoms with Crippen LogP contribution in [0.4, 0.5) is 10.8 Å². The summed E-state index contributed by atoms with van der Waals surface area (Å²) in [6.07, 6.45) is 2.04. The van der Waals surface area contributed by atoms with Crippen molar-refractivity contribution in [1.82, 2.24) is 20.0 Å². The van der Waals surface area contributed by atoms with Crippen LogP contribution in [0.15, 0.2) is 28.6 Å². The highest BCUT2D eigenvalue weighted by Crippen LogP contribution is 2.32. The summed E-state index contributed by atoms with van der Waals surface area (Å²) in [5, 5.41) is 12.2. The van der Waals surface area contributed by atoms with E-state index in [-0.39, 0.29) is 17.7 Å². The molecule has 1 saturated heterocycles. The van der Waals surface area contributed by atoms with Crippen LogP contribution in [0, 0.1) is 5.92 Å². The summed E-state index contributed by atoms with van der Waals surface area (Å²) in [7, 11) is 0.